The highest BCUT2D eigenvalue weighted by Gasteiger charge is 2.14. The van der Waals surface area contributed by atoms with Crippen LogP contribution in [-0.2, 0) is 22.4 Å². The quantitative estimate of drug-likeness (QED) is 0.797. The van der Waals surface area contributed by atoms with Gasteiger partial charge in [0.1, 0.15) is 0 Å². The van der Waals surface area contributed by atoms with Crippen molar-refractivity contribution < 1.29 is 14.7 Å². The zero-order valence-corrected chi connectivity index (χ0v) is 11.5. The molecule has 100 valence electrons. The summed E-state index contributed by atoms with van der Waals surface area (Å²) in [6.07, 6.45) is 2.26. The third-order valence-corrected chi connectivity index (χ3v) is 3.88. The molecule has 0 spiro atoms. The van der Waals surface area contributed by atoms with Gasteiger partial charge in [-0.15, -0.1) is 11.3 Å². The predicted octanol–water partition coefficient (Wildman–Crippen LogP) is 2.22. The summed E-state index contributed by atoms with van der Waals surface area (Å²) in [4.78, 5) is 24.2. The summed E-state index contributed by atoms with van der Waals surface area (Å²) in [5, 5.41) is 11.5. The number of rotatable bonds is 7. The fraction of sp³-hybridized carbons (Fsp3) is 0.538. The smallest absolute Gasteiger partial charge is 0.303 e. The second-order valence-electron chi connectivity index (χ2n) is 4.26. The van der Waals surface area contributed by atoms with Crippen molar-refractivity contribution in [3.8, 4) is 0 Å². The molecule has 18 heavy (non-hydrogen) atoms. The van der Waals surface area contributed by atoms with Gasteiger partial charge in [-0.05, 0) is 25.0 Å². The fourth-order valence-electron chi connectivity index (χ4n) is 1.78. The number of aliphatic carboxylic acids is 1. The molecule has 1 rings (SSSR count). The second kappa shape index (κ2) is 7.16. The van der Waals surface area contributed by atoms with Crippen LogP contribution in [0, 0.1) is 0 Å². The van der Waals surface area contributed by atoms with Crippen molar-refractivity contribution in [1.29, 1.82) is 0 Å². The molecule has 0 aliphatic heterocycles. The lowest BCUT2D eigenvalue weighted by Gasteiger charge is -2.16. The monoisotopic (exact) mass is 269 g/mol. The van der Waals surface area contributed by atoms with E-state index in [2.05, 4.69) is 24.4 Å². The average molecular weight is 269 g/mol. The van der Waals surface area contributed by atoms with Crippen molar-refractivity contribution in [3.63, 3.8) is 0 Å². The number of aryl methyl sites for hydroxylation is 1. The van der Waals surface area contributed by atoms with Crippen LogP contribution in [0.15, 0.2) is 12.1 Å². The van der Waals surface area contributed by atoms with Gasteiger partial charge >= 0.3 is 5.97 Å². The molecule has 1 atom stereocenters. The summed E-state index contributed by atoms with van der Waals surface area (Å²) in [6.45, 7) is 3.56. The lowest BCUT2D eigenvalue weighted by atomic mass is 10.1. The third-order valence-electron chi connectivity index (χ3n) is 2.63. The average Bonchev–Trinajstić information content (AvgIpc) is 2.73. The maximum Gasteiger partial charge on any atom is 0.303 e. The van der Waals surface area contributed by atoms with Gasteiger partial charge < -0.3 is 10.4 Å². The first-order valence-electron chi connectivity index (χ1n) is 6.07. The molecule has 0 saturated carbocycles. The van der Waals surface area contributed by atoms with Crippen LogP contribution in [0.25, 0.3) is 0 Å². The molecule has 0 fully saturated rings. The standard InChI is InChI=1S/C13H19NO3S/c1-3-11-5-6-12(18-11)8-10(14-9(2)15)4-7-13(16)17/h5-6,10H,3-4,7-8H2,1-2H3,(H,14,15)(H,16,17). The van der Waals surface area contributed by atoms with Gasteiger partial charge in [0, 0.05) is 35.6 Å². The highest BCUT2D eigenvalue weighted by Crippen LogP contribution is 2.19. The number of carboxylic acid groups (broad SMARTS) is 1. The minimum atomic E-state index is -0.828. The van der Waals surface area contributed by atoms with E-state index in [9.17, 15) is 9.59 Å². The Morgan fingerprint density at radius 2 is 2.06 bits per heavy atom. The van der Waals surface area contributed by atoms with Crippen LogP contribution in [0.5, 0.6) is 0 Å². The van der Waals surface area contributed by atoms with E-state index in [1.165, 1.54) is 16.7 Å². The van der Waals surface area contributed by atoms with Crippen LogP contribution in [0.2, 0.25) is 0 Å². The van der Waals surface area contributed by atoms with Gasteiger partial charge in [-0.2, -0.15) is 0 Å². The molecule has 1 aromatic heterocycles. The molecule has 4 nitrogen and oxygen atoms in total. The Morgan fingerprint density at radius 3 is 2.56 bits per heavy atom. The molecule has 1 unspecified atom stereocenters. The molecule has 0 radical (unpaired) electrons. The third kappa shape index (κ3) is 5.31. The van der Waals surface area contributed by atoms with Gasteiger partial charge in [0.15, 0.2) is 0 Å². The maximum atomic E-state index is 11.1. The van der Waals surface area contributed by atoms with Crippen LogP contribution in [0.4, 0.5) is 0 Å². The predicted molar refractivity (Wildman–Crippen MR) is 71.9 cm³/mol. The van der Waals surface area contributed by atoms with Crippen molar-refractivity contribution in [3.05, 3.63) is 21.9 Å². The van der Waals surface area contributed by atoms with Crippen molar-refractivity contribution in [2.45, 2.75) is 45.6 Å². The summed E-state index contributed by atoms with van der Waals surface area (Å²) < 4.78 is 0. The first-order valence-corrected chi connectivity index (χ1v) is 6.89. The first kappa shape index (κ1) is 14.7. The van der Waals surface area contributed by atoms with Crippen molar-refractivity contribution in [2.24, 2.45) is 0 Å². The van der Waals surface area contributed by atoms with E-state index in [1.54, 1.807) is 11.3 Å². The Bertz CT molecular complexity index is 414. The lowest BCUT2D eigenvalue weighted by Crippen LogP contribution is -2.35. The van der Waals surface area contributed by atoms with Gasteiger partial charge in [-0.1, -0.05) is 6.92 Å². The van der Waals surface area contributed by atoms with E-state index >= 15 is 0 Å². The van der Waals surface area contributed by atoms with Gasteiger partial charge in [0.2, 0.25) is 5.91 Å². The van der Waals surface area contributed by atoms with Gasteiger partial charge in [-0.25, -0.2) is 0 Å². The molecule has 0 aromatic carbocycles. The lowest BCUT2D eigenvalue weighted by molar-refractivity contribution is -0.137. The number of carboxylic acids is 1. The Balaban J connectivity index is 2.58. The summed E-state index contributed by atoms with van der Waals surface area (Å²) in [6, 6.07) is 4.04. The molecule has 1 heterocycles. The van der Waals surface area contributed by atoms with Crippen molar-refractivity contribution >= 4 is 23.2 Å². The Kier molecular flexibility index (Phi) is 5.85. The molecule has 5 heteroatoms. The summed E-state index contributed by atoms with van der Waals surface area (Å²) in [5.41, 5.74) is 0. The van der Waals surface area contributed by atoms with Crippen molar-refractivity contribution in [2.75, 3.05) is 0 Å². The number of nitrogens with one attached hydrogen (secondary N) is 1. The van der Waals surface area contributed by atoms with Crippen LogP contribution in [0.1, 0.15) is 36.4 Å². The number of hydrogen-bond donors (Lipinski definition) is 2. The van der Waals surface area contributed by atoms with E-state index in [1.807, 2.05) is 0 Å². The number of amides is 1. The number of carbonyl (C=O) groups is 2. The Hall–Kier alpha value is -1.36. The van der Waals surface area contributed by atoms with E-state index < -0.39 is 5.97 Å². The normalized spacial score (nSPS) is 12.1. The zero-order chi connectivity index (χ0) is 13.5. The van der Waals surface area contributed by atoms with E-state index in [-0.39, 0.29) is 18.4 Å². The minimum Gasteiger partial charge on any atom is -0.481 e. The maximum absolute atomic E-state index is 11.1. The zero-order valence-electron chi connectivity index (χ0n) is 10.7. The Morgan fingerprint density at radius 1 is 1.39 bits per heavy atom. The molecular weight excluding hydrogens is 250 g/mol. The van der Waals surface area contributed by atoms with Crippen LogP contribution >= 0.6 is 11.3 Å². The van der Waals surface area contributed by atoms with Crippen LogP contribution in [0.3, 0.4) is 0 Å². The summed E-state index contributed by atoms with van der Waals surface area (Å²) in [5.74, 6) is -0.941. The summed E-state index contributed by atoms with van der Waals surface area (Å²) >= 11 is 1.72. The van der Waals surface area contributed by atoms with E-state index in [4.69, 9.17) is 5.11 Å². The highest BCUT2D eigenvalue weighted by atomic mass is 32.1. The topological polar surface area (TPSA) is 66.4 Å². The number of hydrogen-bond acceptors (Lipinski definition) is 3. The molecule has 0 aliphatic rings. The van der Waals surface area contributed by atoms with Crippen molar-refractivity contribution in [1.82, 2.24) is 5.32 Å². The Labute approximate surface area is 111 Å². The number of carbonyl (C=O) groups excluding carboxylic acids is 1. The molecular formula is C13H19NO3S. The van der Waals surface area contributed by atoms with Gasteiger partial charge in [0.05, 0.1) is 0 Å². The minimum absolute atomic E-state index is 0.0803. The molecule has 0 aliphatic carbocycles. The van der Waals surface area contributed by atoms with Crippen LogP contribution in [-0.4, -0.2) is 23.0 Å². The number of thiophene rings is 1. The fourth-order valence-corrected chi connectivity index (χ4v) is 2.81. The summed E-state index contributed by atoms with van der Waals surface area (Å²) in [7, 11) is 0. The first-order chi connectivity index (χ1) is 8.51. The largest absolute Gasteiger partial charge is 0.481 e. The van der Waals surface area contributed by atoms with Gasteiger partial charge in [-0.3, -0.25) is 9.59 Å². The molecule has 2 N–H and O–H groups in total. The highest BCUT2D eigenvalue weighted by molar-refractivity contribution is 7.11. The SMILES string of the molecule is CCc1ccc(CC(CCC(=O)O)NC(C)=O)s1. The van der Waals surface area contributed by atoms with E-state index in [0.29, 0.717) is 12.8 Å². The van der Waals surface area contributed by atoms with E-state index in [0.717, 1.165) is 6.42 Å². The second-order valence-corrected chi connectivity index (χ2v) is 5.51. The molecule has 0 bridgehead atoms. The molecule has 1 aromatic rings. The molecule has 1 amide bonds. The van der Waals surface area contributed by atoms with Crippen LogP contribution < -0.4 is 5.32 Å². The molecule has 0 saturated heterocycles. The van der Waals surface area contributed by atoms with Gasteiger partial charge in [0.25, 0.3) is 0 Å².